The molecule has 0 atom stereocenters. The maximum absolute atomic E-state index is 10.5. The smallest absolute Gasteiger partial charge is 0.307 e. The van der Waals surface area contributed by atoms with Crippen LogP contribution in [0.15, 0.2) is 0 Å². The van der Waals surface area contributed by atoms with Crippen molar-refractivity contribution in [2.45, 2.75) is 12.8 Å². The van der Waals surface area contributed by atoms with E-state index in [2.05, 4.69) is 0 Å². The molecule has 4 heteroatoms. The summed E-state index contributed by atoms with van der Waals surface area (Å²) in [6, 6.07) is 0. The highest BCUT2D eigenvalue weighted by Crippen LogP contribution is 2.18. The van der Waals surface area contributed by atoms with E-state index in [1.54, 1.807) is 0 Å². The van der Waals surface area contributed by atoms with Gasteiger partial charge in [-0.2, -0.15) is 0 Å². The SMILES string of the molecule is O=C1CC(C(=O)O)CC1=O. The van der Waals surface area contributed by atoms with E-state index in [0.29, 0.717) is 0 Å². The largest absolute Gasteiger partial charge is 0.481 e. The second-order valence-electron chi connectivity index (χ2n) is 2.29. The first-order chi connectivity index (χ1) is 4.61. The van der Waals surface area contributed by atoms with Crippen LogP contribution in [0.4, 0.5) is 0 Å². The summed E-state index contributed by atoms with van der Waals surface area (Å²) in [7, 11) is 0. The molecule has 1 aliphatic carbocycles. The number of hydrogen-bond acceptors (Lipinski definition) is 3. The number of carboxylic acid groups (broad SMARTS) is 1. The molecule has 1 saturated carbocycles. The van der Waals surface area contributed by atoms with Crippen LogP contribution in [0.5, 0.6) is 0 Å². The molecule has 1 fully saturated rings. The molecule has 0 radical (unpaired) electrons. The zero-order valence-corrected chi connectivity index (χ0v) is 5.16. The Kier molecular flexibility index (Phi) is 1.53. The summed E-state index contributed by atoms with van der Waals surface area (Å²) in [5.41, 5.74) is 0. The van der Waals surface area contributed by atoms with Crippen molar-refractivity contribution in [3.05, 3.63) is 0 Å². The van der Waals surface area contributed by atoms with Crippen molar-refractivity contribution in [2.24, 2.45) is 5.92 Å². The number of hydrogen-bond donors (Lipinski definition) is 1. The normalized spacial score (nSPS) is 20.0. The number of rotatable bonds is 1. The summed E-state index contributed by atoms with van der Waals surface area (Å²) in [6.45, 7) is 0. The van der Waals surface area contributed by atoms with E-state index in [4.69, 9.17) is 5.11 Å². The number of ketones is 2. The van der Waals surface area contributed by atoms with Gasteiger partial charge in [0.05, 0.1) is 5.92 Å². The van der Waals surface area contributed by atoms with Gasteiger partial charge < -0.3 is 5.11 Å². The second kappa shape index (κ2) is 2.21. The van der Waals surface area contributed by atoms with Crippen molar-refractivity contribution in [1.82, 2.24) is 0 Å². The van der Waals surface area contributed by atoms with E-state index in [-0.39, 0.29) is 12.8 Å². The zero-order valence-electron chi connectivity index (χ0n) is 5.16. The predicted molar refractivity (Wildman–Crippen MR) is 30.4 cm³/mol. The average Bonchev–Trinajstić information content (AvgIpc) is 2.13. The third-order valence-corrected chi connectivity index (χ3v) is 1.52. The highest BCUT2D eigenvalue weighted by molar-refractivity contribution is 6.40. The van der Waals surface area contributed by atoms with Gasteiger partial charge in [-0.3, -0.25) is 14.4 Å². The molecule has 1 N–H and O–H groups in total. The van der Waals surface area contributed by atoms with Crippen LogP contribution in [0.2, 0.25) is 0 Å². The van der Waals surface area contributed by atoms with Gasteiger partial charge in [-0.05, 0) is 0 Å². The van der Waals surface area contributed by atoms with E-state index in [9.17, 15) is 14.4 Å². The minimum Gasteiger partial charge on any atom is -0.481 e. The van der Waals surface area contributed by atoms with Gasteiger partial charge >= 0.3 is 5.97 Å². The molecule has 0 unspecified atom stereocenters. The lowest BCUT2D eigenvalue weighted by atomic mass is 10.1. The van der Waals surface area contributed by atoms with Crippen LogP contribution in [0, 0.1) is 5.92 Å². The lowest BCUT2D eigenvalue weighted by Gasteiger charge is -1.94. The summed E-state index contributed by atoms with van der Waals surface area (Å²) in [4.78, 5) is 31.1. The van der Waals surface area contributed by atoms with Crippen LogP contribution in [-0.2, 0) is 14.4 Å². The van der Waals surface area contributed by atoms with Gasteiger partial charge in [0, 0.05) is 12.8 Å². The maximum atomic E-state index is 10.5. The van der Waals surface area contributed by atoms with Gasteiger partial charge in [0.15, 0.2) is 11.6 Å². The molecule has 0 aromatic carbocycles. The van der Waals surface area contributed by atoms with Gasteiger partial charge in [0.1, 0.15) is 0 Å². The first kappa shape index (κ1) is 6.92. The summed E-state index contributed by atoms with van der Waals surface area (Å²) < 4.78 is 0. The van der Waals surface area contributed by atoms with Crippen LogP contribution in [0.1, 0.15) is 12.8 Å². The summed E-state index contributed by atoms with van der Waals surface area (Å²) >= 11 is 0. The fourth-order valence-corrected chi connectivity index (χ4v) is 0.922. The van der Waals surface area contributed by atoms with Crippen LogP contribution in [0.25, 0.3) is 0 Å². The molecule has 0 bridgehead atoms. The Hall–Kier alpha value is -1.19. The minimum absolute atomic E-state index is 0.117. The van der Waals surface area contributed by atoms with Gasteiger partial charge in [0.2, 0.25) is 0 Å². The third kappa shape index (κ3) is 1.05. The Labute approximate surface area is 56.8 Å². The van der Waals surface area contributed by atoms with Gasteiger partial charge in [-0.15, -0.1) is 0 Å². The molecule has 0 amide bonds. The number of aliphatic carboxylic acids is 1. The van der Waals surface area contributed by atoms with Crippen LogP contribution in [-0.4, -0.2) is 22.6 Å². The lowest BCUT2D eigenvalue weighted by molar-refractivity contribution is -0.142. The van der Waals surface area contributed by atoms with Crippen molar-refractivity contribution >= 4 is 17.5 Å². The molecule has 54 valence electrons. The summed E-state index contributed by atoms with van der Waals surface area (Å²) in [5, 5.41) is 8.34. The van der Waals surface area contributed by atoms with Crippen LogP contribution in [0.3, 0.4) is 0 Å². The fourth-order valence-electron chi connectivity index (χ4n) is 0.922. The number of carbonyl (C=O) groups excluding carboxylic acids is 2. The topological polar surface area (TPSA) is 71.4 Å². The third-order valence-electron chi connectivity index (χ3n) is 1.52. The van der Waals surface area contributed by atoms with Crippen molar-refractivity contribution in [3.63, 3.8) is 0 Å². The number of carboxylic acids is 1. The molecule has 1 rings (SSSR count). The molecule has 0 spiro atoms. The quantitative estimate of drug-likeness (QED) is 0.506. The maximum Gasteiger partial charge on any atom is 0.307 e. The highest BCUT2D eigenvalue weighted by atomic mass is 16.4. The van der Waals surface area contributed by atoms with Gasteiger partial charge in [-0.25, -0.2) is 0 Å². The van der Waals surface area contributed by atoms with Gasteiger partial charge in [0.25, 0.3) is 0 Å². The molecule has 0 heterocycles. The molecule has 10 heavy (non-hydrogen) atoms. The predicted octanol–water partition coefficient (Wildman–Crippen LogP) is -0.381. The fraction of sp³-hybridized carbons (Fsp3) is 0.500. The van der Waals surface area contributed by atoms with Crippen molar-refractivity contribution in [1.29, 1.82) is 0 Å². The molecule has 0 aromatic rings. The van der Waals surface area contributed by atoms with Crippen molar-refractivity contribution in [2.75, 3.05) is 0 Å². The minimum atomic E-state index is -1.06. The molecular formula is C6H6O4. The van der Waals surface area contributed by atoms with E-state index >= 15 is 0 Å². The van der Waals surface area contributed by atoms with Crippen LogP contribution >= 0.6 is 0 Å². The molecule has 0 aromatic heterocycles. The number of carbonyl (C=O) groups is 3. The van der Waals surface area contributed by atoms with E-state index in [0.717, 1.165) is 0 Å². The summed E-state index contributed by atoms with van der Waals surface area (Å²) in [5.74, 6) is -2.92. The average molecular weight is 142 g/mol. The Morgan fingerprint density at radius 2 is 1.70 bits per heavy atom. The van der Waals surface area contributed by atoms with E-state index in [1.165, 1.54) is 0 Å². The molecule has 1 aliphatic rings. The van der Waals surface area contributed by atoms with Gasteiger partial charge in [-0.1, -0.05) is 0 Å². The molecule has 0 saturated heterocycles. The summed E-state index contributed by atoms with van der Waals surface area (Å²) in [6.07, 6.45) is -0.234. The Balaban J connectivity index is 2.66. The van der Waals surface area contributed by atoms with Crippen molar-refractivity contribution < 1.29 is 19.5 Å². The van der Waals surface area contributed by atoms with Crippen molar-refractivity contribution in [3.8, 4) is 0 Å². The van der Waals surface area contributed by atoms with E-state index in [1.807, 2.05) is 0 Å². The molecular weight excluding hydrogens is 136 g/mol. The standard InChI is InChI=1S/C6H6O4/c7-4-1-3(6(9)10)2-5(4)8/h3H,1-2H2,(H,9,10). The Bertz CT molecular complexity index is 190. The molecule has 4 nitrogen and oxygen atoms in total. The first-order valence-electron chi connectivity index (χ1n) is 2.90. The molecule has 0 aliphatic heterocycles. The zero-order chi connectivity index (χ0) is 7.72. The highest BCUT2D eigenvalue weighted by Gasteiger charge is 2.34. The lowest BCUT2D eigenvalue weighted by Crippen LogP contribution is -2.09. The Morgan fingerprint density at radius 1 is 1.30 bits per heavy atom. The monoisotopic (exact) mass is 142 g/mol. The van der Waals surface area contributed by atoms with Crippen LogP contribution < -0.4 is 0 Å². The second-order valence-corrected chi connectivity index (χ2v) is 2.29. The Morgan fingerprint density at radius 3 is 1.90 bits per heavy atom. The van der Waals surface area contributed by atoms with E-state index < -0.39 is 23.5 Å². The number of Topliss-reactive ketones (excluding diaryl/α,β-unsaturated/α-hetero) is 2. The first-order valence-corrected chi connectivity index (χ1v) is 2.90.